The SMILES string of the molecule is CN(C)c1ccc(CNCc2cc(Cl)ccc2F)cc1. The highest BCUT2D eigenvalue weighted by Gasteiger charge is 2.03. The fraction of sp³-hybridized carbons (Fsp3) is 0.250. The van der Waals surface area contributed by atoms with Crippen molar-refractivity contribution in [3.63, 3.8) is 0 Å². The van der Waals surface area contributed by atoms with Crippen LogP contribution in [0.1, 0.15) is 11.1 Å². The number of hydrogen-bond acceptors (Lipinski definition) is 2. The molecule has 106 valence electrons. The number of hydrogen-bond donors (Lipinski definition) is 1. The molecular formula is C16H18ClFN2. The largest absolute Gasteiger partial charge is 0.378 e. The van der Waals surface area contributed by atoms with Crippen molar-refractivity contribution < 1.29 is 4.39 Å². The van der Waals surface area contributed by atoms with Crippen LogP contribution in [0.3, 0.4) is 0 Å². The Labute approximate surface area is 124 Å². The zero-order valence-corrected chi connectivity index (χ0v) is 12.4. The smallest absolute Gasteiger partial charge is 0.127 e. The second kappa shape index (κ2) is 6.73. The topological polar surface area (TPSA) is 15.3 Å². The van der Waals surface area contributed by atoms with Crippen molar-refractivity contribution in [1.29, 1.82) is 0 Å². The Morgan fingerprint density at radius 1 is 1.05 bits per heavy atom. The molecule has 0 unspecified atom stereocenters. The molecular weight excluding hydrogens is 275 g/mol. The first-order chi connectivity index (χ1) is 9.56. The summed E-state index contributed by atoms with van der Waals surface area (Å²) in [5.41, 5.74) is 2.91. The van der Waals surface area contributed by atoms with Crippen LogP contribution in [0.4, 0.5) is 10.1 Å². The Morgan fingerprint density at radius 2 is 1.75 bits per heavy atom. The van der Waals surface area contributed by atoms with Crippen molar-refractivity contribution in [2.45, 2.75) is 13.1 Å². The van der Waals surface area contributed by atoms with Gasteiger partial charge in [-0.2, -0.15) is 0 Å². The molecule has 0 saturated carbocycles. The number of rotatable bonds is 5. The summed E-state index contributed by atoms with van der Waals surface area (Å²) in [5.74, 6) is -0.232. The Hall–Kier alpha value is -1.58. The minimum atomic E-state index is -0.232. The monoisotopic (exact) mass is 292 g/mol. The molecule has 2 rings (SSSR count). The minimum Gasteiger partial charge on any atom is -0.378 e. The molecule has 0 fully saturated rings. The Morgan fingerprint density at radius 3 is 2.40 bits per heavy atom. The van der Waals surface area contributed by atoms with Gasteiger partial charge in [-0.25, -0.2) is 4.39 Å². The third-order valence-corrected chi connectivity index (χ3v) is 3.34. The van der Waals surface area contributed by atoms with Crippen molar-refractivity contribution in [1.82, 2.24) is 5.32 Å². The van der Waals surface area contributed by atoms with Gasteiger partial charge in [-0.3, -0.25) is 0 Å². The Kier molecular flexibility index (Phi) is 4.99. The van der Waals surface area contributed by atoms with Crippen LogP contribution < -0.4 is 10.2 Å². The van der Waals surface area contributed by atoms with Crippen LogP contribution in [-0.4, -0.2) is 14.1 Å². The first-order valence-electron chi connectivity index (χ1n) is 6.47. The van der Waals surface area contributed by atoms with E-state index in [9.17, 15) is 4.39 Å². The molecule has 0 aromatic heterocycles. The molecule has 0 heterocycles. The molecule has 20 heavy (non-hydrogen) atoms. The number of halogens is 2. The maximum Gasteiger partial charge on any atom is 0.127 e. The highest BCUT2D eigenvalue weighted by molar-refractivity contribution is 6.30. The van der Waals surface area contributed by atoms with Gasteiger partial charge in [-0.1, -0.05) is 23.7 Å². The summed E-state index contributed by atoms with van der Waals surface area (Å²) in [6.45, 7) is 1.15. The van der Waals surface area contributed by atoms with E-state index in [4.69, 9.17) is 11.6 Å². The summed E-state index contributed by atoms with van der Waals surface area (Å²) >= 11 is 5.86. The Balaban J connectivity index is 1.91. The van der Waals surface area contributed by atoms with Gasteiger partial charge in [0.2, 0.25) is 0 Å². The molecule has 2 aromatic carbocycles. The summed E-state index contributed by atoms with van der Waals surface area (Å²) in [6, 6.07) is 12.9. The summed E-state index contributed by atoms with van der Waals surface area (Å²) < 4.78 is 13.5. The van der Waals surface area contributed by atoms with Crippen LogP contribution in [0.25, 0.3) is 0 Å². The van der Waals surface area contributed by atoms with E-state index in [1.165, 1.54) is 6.07 Å². The van der Waals surface area contributed by atoms with E-state index in [-0.39, 0.29) is 5.82 Å². The maximum atomic E-state index is 13.5. The quantitative estimate of drug-likeness (QED) is 0.901. The molecule has 1 N–H and O–H groups in total. The van der Waals surface area contributed by atoms with Gasteiger partial charge in [0.05, 0.1) is 0 Å². The average molecular weight is 293 g/mol. The molecule has 0 amide bonds. The maximum absolute atomic E-state index is 13.5. The predicted octanol–water partition coefficient (Wildman–Crippen LogP) is 3.83. The standard InChI is InChI=1S/C16H18ClFN2/c1-20(2)15-6-3-12(4-7-15)10-19-11-13-9-14(17)5-8-16(13)18/h3-9,19H,10-11H2,1-2H3. The molecule has 0 aliphatic carbocycles. The van der Waals surface area contributed by atoms with Gasteiger partial charge in [0.25, 0.3) is 0 Å². The van der Waals surface area contributed by atoms with Gasteiger partial charge in [0, 0.05) is 43.5 Å². The van der Waals surface area contributed by atoms with Gasteiger partial charge in [-0.05, 0) is 35.9 Å². The normalized spacial score (nSPS) is 10.6. The Bertz CT molecular complexity index is 567. The minimum absolute atomic E-state index is 0.232. The van der Waals surface area contributed by atoms with E-state index >= 15 is 0 Å². The highest BCUT2D eigenvalue weighted by Crippen LogP contribution is 2.15. The molecule has 0 aliphatic rings. The van der Waals surface area contributed by atoms with Crippen LogP contribution in [-0.2, 0) is 13.1 Å². The van der Waals surface area contributed by atoms with Gasteiger partial charge >= 0.3 is 0 Å². The van der Waals surface area contributed by atoms with Crippen LogP contribution in [0, 0.1) is 5.82 Å². The van der Waals surface area contributed by atoms with Gasteiger partial charge in [0.1, 0.15) is 5.82 Å². The number of benzene rings is 2. The lowest BCUT2D eigenvalue weighted by atomic mass is 10.2. The summed E-state index contributed by atoms with van der Waals surface area (Å²) in [6.07, 6.45) is 0. The fourth-order valence-electron chi connectivity index (χ4n) is 1.93. The van der Waals surface area contributed by atoms with E-state index in [0.29, 0.717) is 23.7 Å². The second-order valence-corrected chi connectivity index (χ2v) is 5.34. The lowest BCUT2D eigenvalue weighted by molar-refractivity contribution is 0.588. The van der Waals surface area contributed by atoms with E-state index in [1.807, 2.05) is 14.1 Å². The molecule has 2 nitrogen and oxygen atoms in total. The number of nitrogens with zero attached hydrogens (tertiary/aromatic N) is 1. The first-order valence-corrected chi connectivity index (χ1v) is 6.85. The lowest BCUT2D eigenvalue weighted by Gasteiger charge is -2.13. The van der Waals surface area contributed by atoms with Crippen molar-refractivity contribution in [3.05, 3.63) is 64.4 Å². The van der Waals surface area contributed by atoms with Crippen molar-refractivity contribution in [2.24, 2.45) is 0 Å². The van der Waals surface area contributed by atoms with E-state index in [0.717, 1.165) is 11.3 Å². The molecule has 0 radical (unpaired) electrons. The molecule has 0 aliphatic heterocycles. The fourth-order valence-corrected chi connectivity index (χ4v) is 2.13. The van der Waals surface area contributed by atoms with Crippen LogP contribution in [0.15, 0.2) is 42.5 Å². The predicted molar refractivity (Wildman–Crippen MR) is 82.7 cm³/mol. The average Bonchev–Trinajstić information content (AvgIpc) is 2.43. The van der Waals surface area contributed by atoms with Crippen LogP contribution in [0.5, 0.6) is 0 Å². The van der Waals surface area contributed by atoms with Gasteiger partial charge < -0.3 is 10.2 Å². The molecule has 4 heteroatoms. The molecule has 0 saturated heterocycles. The van der Waals surface area contributed by atoms with Crippen LogP contribution in [0.2, 0.25) is 5.02 Å². The van der Waals surface area contributed by atoms with Crippen molar-refractivity contribution in [3.8, 4) is 0 Å². The van der Waals surface area contributed by atoms with E-state index in [2.05, 4.69) is 34.5 Å². The summed E-state index contributed by atoms with van der Waals surface area (Å²) in [4.78, 5) is 2.05. The zero-order chi connectivity index (χ0) is 14.5. The molecule has 2 aromatic rings. The molecule has 0 spiro atoms. The van der Waals surface area contributed by atoms with Crippen molar-refractivity contribution >= 4 is 17.3 Å². The van der Waals surface area contributed by atoms with E-state index < -0.39 is 0 Å². The molecule has 0 atom stereocenters. The van der Waals surface area contributed by atoms with Gasteiger partial charge in [0.15, 0.2) is 0 Å². The highest BCUT2D eigenvalue weighted by atomic mass is 35.5. The molecule has 0 bridgehead atoms. The third-order valence-electron chi connectivity index (χ3n) is 3.11. The van der Waals surface area contributed by atoms with Crippen LogP contribution >= 0.6 is 11.6 Å². The number of anilines is 1. The first kappa shape index (κ1) is 14.8. The van der Waals surface area contributed by atoms with Crippen molar-refractivity contribution in [2.75, 3.05) is 19.0 Å². The zero-order valence-electron chi connectivity index (χ0n) is 11.7. The van der Waals surface area contributed by atoms with Gasteiger partial charge in [-0.15, -0.1) is 0 Å². The summed E-state index contributed by atoms with van der Waals surface area (Å²) in [5, 5.41) is 3.78. The lowest BCUT2D eigenvalue weighted by Crippen LogP contribution is -2.14. The third kappa shape index (κ3) is 3.95. The van der Waals surface area contributed by atoms with E-state index in [1.54, 1.807) is 12.1 Å². The second-order valence-electron chi connectivity index (χ2n) is 4.90. The number of nitrogens with one attached hydrogen (secondary N) is 1. The summed E-state index contributed by atoms with van der Waals surface area (Å²) in [7, 11) is 4.02.